The summed E-state index contributed by atoms with van der Waals surface area (Å²) in [7, 11) is 3.69. The number of piperidine rings is 1. The highest BCUT2D eigenvalue weighted by Crippen LogP contribution is 2.23. The van der Waals surface area contributed by atoms with Gasteiger partial charge in [0, 0.05) is 19.2 Å². The zero-order valence-electron chi connectivity index (χ0n) is 21.9. The molecule has 2 amide bonds. The molecule has 0 saturated carbocycles. The quantitative estimate of drug-likeness (QED) is 0.447. The normalized spacial score (nSPS) is 18.2. The van der Waals surface area contributed by atoms with Crippen LogP contribution in [-0.2, 0) is 19.1 Å². The van der Waals surface area contributed by atoms with Crippen LogP contribution in [0.15, 0.2) is 11.6 Å². The third kappa shape index (κ3) is 10.6. The number of likely N-dealkylation sites (tertiary alicyclic amines) is 1. The molecule has 32 heavy (non-hydrogen) atoms. The van der Waals surface area contributed by atoms with E-state index in [1.165, 1.54) is 6.42 Å². The van der Waals surface area contributed by atoms with E-state index in [1.807, 2.05) is 27.8 Å². The van der Waals surface area contributed by atoms with Gasteiger partial charge >= 0.3 is 5.97 Å². The molecule has 1 aliphatic rings. The van der Waals surface area contributed by atoms with Crippen molar-refractivity contribution in [3.8, 4) is 0 Å². The van der Waals surface area contributed by atoms with Crippen molar-refractivity contribution >= 4 is 17.8 Å². The van der Waals surface area contributed by atoms with Gasteiger partial charge in [0.15, 0.2) is 0 Å². The molecule has 1 N–H and O–H groups in total. The van der Waals surface area contributed by atoms with Crippen LogP contribution in [0.3, 0.4) is 0 Å². The number of hydrogen-bond donors (Lipinski definition) is 1. The van der Waals surface area contributed by atoms with Gasteiger partial charge in [-0.15, -0.1) is 0 Å². The highest BCUT2D eigenvalue weighted by Gasteiger charge is 2.37. The molecule has 0 aliphatic carbocycles. The number of amides is 2. The van der Waals surface area contributed by atoms with Crippen molar-refractivity contribution in [3.05, 3.63) is 11.6 Å². The number of rotatable bonds is 8. The Labute approximate surface area is 195 Å². The van der Waals surface area contributed by atoms with Crippen molar-refractivity contribution in [2.24, 2.45) is 5.41 Å². The number of carbonyl (C=O) groups excluding carboxylic acids is 3. The van der Waals surface area contributed by atoms with Gasteiger partial charge in [-0.05, 0) is 52.1 Å². The van der Waals surface area contributed by atoms with E-state index in [0.29, 0.717) is 25.1 Å². The first-order chi connectivity index (χ1) is 14.9. The topological polar surface area (TPSA) is 79.0 Å². The molecule has 1 aliphatic heterocycles. The van der Waals surface area contributed by atoms with Gasteiger partial charge in [-0.2, -0.15) is 0 Å². The SMILES string of the molecule is CCC.CCOC(=O)/C(C)=C/CCN(C)C(=O)C(NC(=O)C1CCCCN1C)C(C)(C)C. The van der Waals surface area contributed by atoms with E-state index in [4.69, 9.17) is 4.74 Å². The molecule has 2 atom stereocenters. The summed E-state index contributed by atoms with van der Waals surface area (Å²) in [5.41, 5.74) is 0.124. The number of nitrogens with zero attached hydrogens (tertiary/aromatic N) is 2. The first-order valence-corrected chi connectivity index (χ1v) is 12.0. The van der Waals surface area contributed by atoms with E-state index in [0.717, 1.165) is 25.8 Å². The summed E-state index contributed by atoms with van der Waals surface area (Å²) in [6.07, 6.45) is 6.53. The third-order valence-corrected chi connectivity index (χ3v) is 5.36. The van der Waals surface area contributed by atoms with Crippen LogP contribution in [0.5, 0.6) is 0 Å². The lowest BCUT2D eigenvalue weighted by Crippen LogP contribution is -2.58. The van der Waals surface area contributed by atoms with E-state index >= 15 is 0 Å². The van der Waals surface area contributed by atoms with Crippen LogP contribution in [0.4, 0.5) is 0 Å². The minimum atomic E-state index is -0.606. The number of likely N-dealkylation sites (N-methyl/N-ethyl adjacent to an activating group) is 2. The third-order valence-electron chi connectivity index (χ3n) is 5.36. The van der Waals surface area contributed by atoms with Gasteiger partial charge in [-0.1, -0.05) is 53.5 Å². The van der Waals surface area contributed by atoms with Gasteiger partial charge in [0.25, 0.3) is 0 Å². The Morgan fingerprint density at radius 3 is 2.28 bits per heavy atom. The molecule has 0 spiro atoms. The Bertz CT molecular complexity index is 625. The first-order valence-electron chi connectivity index (χ1n) is 12.0. The lowest BCUT2D eigenvalue weighted by Gasteiger charge is -2.37. The molecule has 0 aromatic heterocycles. The maximum Gasteiger partial charge on any atom is 0.333 e. The fraction of sp³-hybridized carbons (Fsp3) is 0.800. The summed E-state index contributed by atoms with van der Waals surface area (Å²) in [6.45, 7) is 15.3. The van der Waals surface area contributed by atoms with Crippen LogP contribution in [0.25, 0.3) is 0 Å². The molecule has 1 fully saturated rings. The van der Waals surface area contributed by atoms with Crippen molar-refractivity contribution in [2.75, 3.05) is 33.8 Å². The predicted octanol–water partition coefficient (Wildman–Crippen LogP) is 3.78. The Hall–Kier alpha value is -1.89. The molecule has 7 nitrogen and oxygen atoms in total. The highest BCUT2D eigenvalue weighted by molar-refractivity contribution is 5.90. The molecular formula is C25H47N3O4. The molecule has 0 aromatic carbocycles. The van der Waals surface area contributed by atoms with E-state index in [2.05, 4.69) is 24.1 Å². The second-order valence-corrected chi connectivity index (χ2v) is 9.66. The summed E-state index contributed by atoms with van der Waals surface area (Å²) in [6, 6.07) is -0.785. The van der Waals surface area contributed by atoms with E-state index in [9.17, 15) is 14.4 Å². The second-order valence-electron chi connectivity index (χ2n) is 9.66. The van der Waals surface area contributed by atoms with Crippen LogP contribution < -0.4 is 5.32 Å². The van der Waals surface area contributed by atoms with Gasteiger partial charge < -0.3 is 15.0 Å². The summed E-state index contributed by atoms with van der Waals surface area (Å²) < 4.78 is 4.96. The standard InChI is InChI=1S/C22H39N3O4.C3H8/c1-8-29-21(28)16(2)12-11-15-25(7)20(27)18(22(3,4)5)23-19(26)17-13-9-10-14-24(17)6;1-3-2/h12,17-18H,8-11,13-15H2,1-7H3,(H,23,26);3H2,1-2H3/b16-12+;. The molecule has 2 unspecified atom stereocenters. The van der Waals surface area contributed by atoms with E-state index < -0.39 is 11.5 Å². The predicted molar refractivity (Wildman–Crippen MR) is 130 cm³/mol. The molecular weight excluding hydrogens is 406 g/mol. The molecule has 1 heterocycles. The number of ether oxygens (including phenoxy) is 1. The molecule has 186 valence electrons. The van der Waals surface area contributed by atoms with Crippen molar-refractivity contribution in [2.45, 2.75) is 92.7 Å². The Morgan fingerprint density at radius 1 is 1.19 bits per heavy atom. The van der Waals surface area contributed by atoms with Gasteiger partial charge in [-0.3, -0.25) is 14.5 Å². The molecule has 0 aromatic rings. The van der Waals surface area contributed by atoms with Crippen LogP contribution in [0, 0.1) is 5.41 Å². The molecule has 0 radical (unpaired) electrons. The summed E-state index contributed by atoms with van der Waals surface area (Å²) in [5.74, 6) is -0.531. The maximum absolute atomic E-state index is 13.1. The van der Waals surface area contributed by atoms with Crippen LogP contribution in [0.2, 0.25) is 0 Å². The summed E-state index contributed by atoms with van der Waals surface area (Å²) >= 11 is 0. The molecule has 1 rings (SSSR count). The van der Waals surface area contributed by atoms with E-state index in [1.54, 1.807) is 31.9 Å². The monoisotopic (exact) mass is 453 g/mol. The second kappa shape index (κ2) is 15.0. The van der Waals surface area contributed by atoms with Crippen LogP contribution in [0.1, 0.15) is 80.6 Å². The van der Waals surface area contributed by atoms with E-state index in [-0.39, 0.29) is 23.8 Å². The maximum atomic E-state index is 13.1. The smallest absolute Gasteiger partial charge is 0.333 e. The van der Waals surface area contributed by atoms with Crippen LogP contribution >= 0.6 is 0 Å². The Balaban J connectivity index is 0.00000302. The van der Waals surface area contributed by atoms with Crippen molar-refractivity contribution < 1.29 is 19.1 Å². The highest BCUT2D eigenvalue weighted by atomic mass is 16.5. The Morgan fingerprint density at radius 2 is 1.78 bits per heavy atom. The lowest BCUT2D eigenvalue weighted by atomic mass is 9.85. The van der Waals surface area contributed by atoms with Crippen molar-refractivity contribution in [1.29, 1.82) is 0 Å². The number of carbonyl (C=O) groups is 3. The molecule has 1 saturated heterocycles. The van der Waals surface area contributed by atoms with Crippen molar-refractivity contribution in [3.63, 3.8) is 0 Å². The fourth-order valence-electron chi connectivity index (χ4n) is 3.43. The van der Waals surface area contributed by atoms with Gasteiger partial charge in [0.2, 0.25) is 11.8 Å². The zero-order chi connectivity index (χ0) is 24.9. The Kier molecular flexibility index (Phi) is 14.1. The zero-order valence-corrected chi connectivity index (χ0v) is 21.9. The number of hydrogen-bond acceptors (Lipinski definition) is 5. The minimum absolute atomic E-state index is 0.0769. The minimum Gasteiger partial charge on any atom is -0.463 e. The summed E-state index contributed by atoms with van der Waals surface area (Å²) in [5, 5.41) is 3.01. The van der Waals surface area contributed by atoms with Gasteiger partial charge in [-0.25, -0.2) is 4.79 Å². The molecule has 7 heteroatoms. The first kappa shape index (κ1) is 30.1. The number of esters is 1. The van der Waals surface area contributed by atoms with Gasteiger partial charge in [0.1, 0.15) is 6.04 Å². The average molecular weight is 454 g/mol. The van der Waals surface area contributed by atoms with Crippen molar-refractivity contribution in [1.82, 2.24) is 15.1 Å². The van der Waals surface area contributed by atoms with Gasteiger partial charge in [0.05, 0.1) is 12.6 Å². The lowest BCUT2D eigenvalue weighted by molar-refractivity contribution is -0.140. The molecule has 0 bridgehead atoms. The largest absolute Gasteiger partial charge is 0.463 e. The summed E-state index contributed by atoms with van der Waals surface area (Å²) in [4.78, 5) is 41.3. The van der Waals surface area contributed by atoms with Crippen LogP contribution in [-0.4, -0.2) is 73.5 Å². The average Bonchev–Trinajstić information content (AvgIpc) is 2.71. The number of nitrogens with one attached hydrogen (secondary N) is 1. The fourth-order valence-corrected chi connectivity index (χ4v) is 3.43.